The number of carboxylic acids is 1. The average Bonchev–Trinajstić information content (AvgIpc) is 2.59. The number of hydrogen-bond acceptors (Lipinski definition) is 2. The molecule has 5 nitrogen and oxygen atoms in total. The van der Waals surface area contributed by atoms with Crippen LogP contribution in [0.3, 0.4) is 0 Å². The summed E-state index contributed by atoms with van der Waals surface area (Å²) < 4.78 is 0. The van der Waals surface area contributed by atoms with Gasteiger partial charge in [0.05, 0.1) is 0 Å². The van der Waals surface area contributed by atoms with E-state index < -0.39 is 5.97 Å². The first-order chi connectivity index (χ1) is 7.56. The number of rotatable bonds is 2. The fourth-order valence-corrected chi connectivity index (χ4v) is 1.52. The number of aromatic nitrogens is 1. The zero-order valence-electron chi connectivity index (χ0n) is 8.57. The third kappa shape index (κ3) is 1.88. The third-order valence-electron chi connectivity index (χ3n) is 2.17. The van der Waals surface area contributed by atoms with Crippen molar-refractivity contribution in [2.24, 2.45) is 0 Å². The number of carbonyl (C=O) groups is 2. The van der Waals surface area contributed by atoms with E-state index in [0.29, 0.717) is 11.2 Å². The predicted octanol–water partition coefficient (Wildman–Crippen LogP) is 1.82. The van der Waals surface area contributed by atoms with Crippen LogP contribution in [0.2, 0.25) is 0 Å². The van der Waals surface area contributed by atoms with E-state index in [1.54, 1.807) is 24.3 Å². The number of aromatic amines is 1. The van der Waals surface area contributed by atoms with E-state index in [0.717, 1.165) is 5.39 Å². The first-order valence-electron chi connectivity index (χ1n) is 4.70. The second-order valence-corrected chi connectivity index (χ2v) is 3.47. The van der Waals surface area contributed by atoms with E-state index in [4.69, 9.17) is 5.11 Å². The molecule has 0 unspecified atom stereocenters. The molecule has 0 bridgehead atoms. The number of nitrogens with one attached hydrogen (secondary N) is 2. The van der Waals surface area contributed by atoms with E-state index in [9.17, 15) is 9.59 Å². The van der Waals surface area contributed by atoms with Gasteiger partial charge in [-0.05, 0) is 18.2 Å². The lowest BCUT2D eigenvalue weighted by Gasteiger charge is -2.00. The maximum atomic E-state index is 10.8. The van der Waals surface area contributed by atoms with Gasteiger partial charge >= 0.3 is 5.97 Å². The summed E-state index contributed by atoms with van der Waals surface area (Å²) in [4.78, 5) is 24.3. The molecule has 16 heavy (non-hydrogen) atoms. The molecule has 82 valence electrons. The Morgan fingerprint density at radius 1 is 1.31 bits per heavy atom. The fraction of sp³-hybridized carbons (Fsp3) is 0.0909. The molecule has 1 heterocycles. The standard InChI is InChI=1S/C11H10N2O3/c1-6(14)12-8-3-2-7-4-10(11(15)16)13-9(7)5-8/h2-5,13H,1H3,(H,12,14)(H,15,16). The van der Waals surface area contributed by atoms with E-state index in [-0.39, 0.29) is 11.6 Å². The highest BCUT2D eigenvalue weighted by Gasteiger charge is 2.07. The molecule has 2 aromatic rings. The van der Waals surface area contributed by atoms with Crippen LogP contribution < -0.4 is 5.32 Å². The third-order valence-corrected chi connectivity index (χ3v) is 2.17. The van der Waals surface area contributed by atoms with Crippen LogP contribution >= 0.6 is 0 Å². The number of hydrogen-bond donors (Lipinski definition) is 3. The van der Waals surface area contributed by atoms with Gasteiger partial charge in [-0.1, -0.05) is 6.07 Å². The summed E-state index contributed by atoms with van der Waals surface area (Å²) in [7, 11) is 0. The highest BCUT2D eigenvalue weighted by molar-refractivity contribution is 5.96. The molecule has 2 rings (SSSR count). The van der Waals surface area contributed by atoms with Crippen LogP contribution in [0.5, 0.6) is 0 Å². The summed E-state index contributed by atoms with van der Waals surface area (Å²) in [6.45, 7) is 1.42. The molecule has 0 saturated heterocycles. The van der Waals surface area contributed by atoms with Crippen LogP contribution in [0, 0.1) is 0 Å². The van der Waals surface area contributed by atoms with Crippen LogP contribution in [0.25, 0.3) is 10.9 Å². The zero-order chi connectivity index (χ0) is 11.7. The number of benzene rings is 1. The van der Waals surface area contributed by atoms with Crippen LogP contribution in [0.15, 0.2) is 24.3 Å². The second-order valence-electron chi connectivity index (χ2n) is 3.47. The predicted molar refractivity (Wildman–Crippen MR) is 59.6 cm³/mol. The van der Waals surface area contributed by atoms with Crippen molar-refractivity contribution in [2.75, 3.05) is 5.32 Å². The number of anilines is 1. The molecule has 0 aliphatic heterocycles. The summed E-state index contributed by atoms with van der Waals surface area (Å²) in [5, 5.41) is 12.2. The Morgan fingerprint density at radius 3 is 2.69 bits per heavy atom. The van der Waals surface area contributed by atoms with Crippen molar-refractivity contribution in [3.05, 3.63) is 30.0 Å². The largest absolute Gasteiger partial charge is 0.477 e. The van der Waals surface area contributed by atoms with Crippen LogP contribution in [0.4, 0.5) is 5.69 Å². The van der Waals surface area contributed by atoms with Crippen molar-refractivity contribution in [1.82, 2.24) is 4.98 Å². The summed E-state index contributed by atoms with van der Waals surface area (Å²) >= 11 is 0. The molecule has 1 amide bonds. The lowest BCUT2D eigenvalue weighted by Crippen LogP contribution is -2.05. The summed E-state index contributed by atoms with van der Waals surface area (Å²) in [5.41, 5.74) is 1.46. The van der Waals surface area contributed by atoms with Crippen molar-refractivity contribution in [2.45, 2.75) is 6.92 Å². The van der Waals surface area contributed by atoms with Gasteiger partial charge in [0.15, 0.2) is 0 Å². The number of carbonyl (C=O) groups excluding carboxylic acids is 1. The number of carboxylic acid groups (broad SMARTS) is 1. The number of aromatic carboxylic acids is 1. The smallest absolute Gasteiger partial charge is 0.352 e. The summed E-state index contributed by atoms with van der Waals surface area (Å²) in [6, 6.07) is 6.73. The fourth-order valence-electron chi connectivity index (χ4n) is 1.52. The monoisotopic (exact) mass is 218 g/mol. The Kier molecular flexibility index (Phi) is 2.36. The SMILES string of the molecule is CC(=O)Nc1ccc2cc(C(=O)O)[nH]c2c1. The highest BCUT2D eigenvalue weighted by atomic mass is 16.4. The Hall–Kier alpha value is -2.30. The molecule has 0 aliphatic rings. The molecular formula is C11H10N2O3. The lowest BCUT2D eigenvalue weighted by atomic mass is 10.2. The summed E-state index contributed by atoms with van der Waals surface area (Å²) in [5.74, 6) is -1.17. The van der Waals surface area contributed by atoms with E-state index in [1.807, 2.05) is 0 Å². The normalized spacial score (nSPS) is 10.3. The highest BCUT2D eigenvalue weighted by Crippen LogP contribution is 2.19. The van der Waals surface area contributed by atoms with Crippen molar-refractivity contribution in [3.8, 4) is 0 Å². The van der Waals surface area contributed by atoms with Crippen LogP contribution in [-0.4, -0.2) is 22.0 Å². The Bertz CT molecular complexity index is 572. The first kappa shape index (κ1) is 10.2. The van der Waals surface area contributed by atoms with Crippen LogP contribution in [-0.2, 0) is 4.79 Å². The lowest BCUT2D eigenvalue weighted by molar-refractivity contribution is -0.114. The Balaban J connectivity index is 2.45. The molecule has 0 radical (unpaired) electrons. The molecule has 5 heteroatoms. The van der Waals surface area contributed by atoms with Crippen molar-refractivity contribution >= 4 is 28.5 Å². The molecule has 0 aliphatic carbocycles. The molecular weight excluding hydrogens is 208 g/mol. The van der Waals surface area contributed by atoms with Gasteiger partial charge in [0.2, 0.25) is 5.91 Å². The van der Waals surface area contributed by atoms with Gasteiger partial charge in [0.1, 0.15) is 5.69 Å². The van der Waals surface area contributed by atoms with E-state index in [1.165, 1.54) is 6.92 Å². The Morgan fingerprint density at radius 2 is 2.06 bits per heavy atom. The maximum Gasteiger partial charge on any atom is 0.352 e. The van der Waals surface area contributed by atoms with Crippen molar-refractivity contribution in [1.29, 1.82) is 0 Å². The maximum absolute atomic E-state index is 10.8. The molecule has 0 fully saturated rings. The van der Waals surface area contributed by atoms with Gasteiger partial charge < -0.3 is 15.4 Å². The van der Waals surface area contributed by atoms with Crippen LogP contribution in [0.1, 0.15) is 17.4 Å². The second kappa shape index (κ2) is 3.69. The minimum absolute atomic E-state index is 0.134. The molecule has 0 atom stereocenters. The first-order valence-corrected chi connectivity index (χ1v) is 4.70. The molecule has 0 saturated carbocycles. The molecule has 0 spiro atoms. The number of amides is 1. The minimum Gasteiger partial charge on any atom is -0.477 e. The number of fused-ring (bicyclic) bond motifs is 1. The van der Waals surface area contributed by atoms with Gasteiger partial charge in [-0.2, -0.15) is 0 Å². The van der Waals surface area contributed by atoms with Crippen molar-refractivity contribution in [3.63, 3.8) is 0 Å². The van der Waals surface area contributed by atoms with Gasteiger partial charge in [0, 0.05) is 23.5 Å². The molecule has 1 aromatic heterocycles. The van der Waals surface area contributed by atoms with Gasteiger partial charge in [-0.3, -0.25) is 4.79 Å². The molecule has 1 aromatic carbocycles. The van der Waals surface area contributed by atoms with Gasteiger partial charge in [-0.15, -0.1) is 0 Å². The van der Waals surface area contributed by atoms with Crippen molar-refractivity contribution < 1.29 is 14.7 Å². The van der Waals surface area contributed by atoms with E-state index in [2.05, 4.69) is 10.3 Å². The quantitative estimate of drug-likeness (QED) is 0.719. The molecule has 3 N–H and O–H groups in total. The minimum atomic E-state index is -1.00. The average molecular weight is 218 g/mol. The topological polar surface area (TPSA) is 82.2 Å². The summed E-state index contributed by atoms with van der Waals surface area (Å²) in [6.07, 6.45) is 0. The number of H-pyrrole nitrogens is 1. The Labute approximate surface area is 91.1 Å². The zero-order valence-corrected chi connectivity index (χ0v) is 8.57. The van der Waals surface area contributed by atoms with Gasteiger partial charge in [-0.25, -0.2) is 4.79 Å². The van der Waals surface area contributed by atoms with Gasteiger partial charge in [0.25, 0.3) is 0 Å². The van der Waals surface area contributed by atoms with E-state index >= 15 is 0 Å².